The lowest BCUT2D eigenvalue weighted by atomic mass is 10.1. The first-order valence-electron chi connectivity index (χ1n) is 4.87. The van der Waals surface area contributed by atoms with E-state index in [0.717, 1.165) is 0 Å². The minimum absolute atomic E-state index is 0. The molecule has 1 fully saturated rings. The fourth-order valence-corrected chi connectivity index (χ4v) is 9.22. The van der Waals surface area contributed by atoms with Crippen LogP contribution < -0.4 is 0 Å². The highest BCUT2D eigenvalue weighted by Gasteiger charge is 2.49. The summed E-state index contributed by atoms with van der Waals surface area (Å²) >= 11 is 0. The molecular weight excluding hydrogens is 208 g/mol. The first-order chi connectivity index (χ1) is 5.16. The molecule has 0 amide bonds. The molecule has 0 N–H and O–H groups in total. The maximum Gasteiger partial charge on any atom is 0.174 e. The van der Waals surface area contributed by atoms with Crippen LogP contribution in [0.3, 0.4) is 0 Å². The van der Waals surface area contributed by atoms with E-state index in [1.807, 2.05) is 0 Å². The van der Waals surface area contributed by atoms with Gasteiger partial charge in [-0.3, -0.25) is 0 Å². The first kappa shape index (κ1) is 13.6. The van der Waals surface area contributed by atoms with Crippen molar-refractivity contribution in [2.24, 2.45) is 0 Å². The van der Waals surface area contributed by atoms with Gasteiger partial charge in [-0.2, -0.15) is 0 Å². The van der Waals surface area contributed by atoms with E-state index >= 15 is 0 Å². The molecule has 0 aromatic heterocycles. The van der Waals surface area contributed by atoms with E-state index in [1.54, 1.807) is 0 Å². The summed E-state index contributed by atoms with van der Waals surface area (Å²) in [5.74, 6) is 0. The third-order valence-electron chi connectivity index (χ3n) is 3.51. The maximum atomic E-state index is 6.28. The number of rotatable bonds is 0. The van der Waals surface area contributed by atoms with Crippen LogP contribution in [0.2, 0.25) is 32.2 Å². The normalized spacial score (nSPS) is 29.1. The van der Waals surface area contributed by atoms with Crippen LogP contribution in [0, 0.1) is 0 Å². The monoisotopic (exact) mass is 234 g/mol. The average Bonchev–Trinajstić information content (AvgIpc) is 1.79. The van der Waals surface area contributed by atoms with Gasteiger partial charge >= 0.3 is 0 Å². The highest BCUT2D eigenvalue weighted by molar-refractivity contribution is 7.38. The zero-order chi connectivity index (χ0) is 9.62. The Kier molecular flexibility index (Phi) is 3.81. The third-order valence-corrected chi connectivity index (χ3v) is 20.2. The van der Waals surface area contributed by atoms with E-state index in [-0.39, 0.29) is 16.6 Å². The fourth-order valence-electron chi connectivity index (χ4n) is 1.79. The molecule has 1 nitrogen and oxygen atoms in total. The lowest BCUT2D eigenvalue weighted by molar-refractivity contribution is 0.0933. The Balaban J connectivity index is 0.00000144. The molecule has 0 aromatic rings. The van der Waals surface area contributed by atoms with Crippen molar-refractivity contribution in [3.8, 4) is 0 Å². The van der Waals surface area contributed by atoms with Gasteiger partial charge in [-0.05, 0) is 44.3 Å². The van der Waals surface area contributed by atoms with Gasteiger partial charge in [-0.1, -0.05) is 19.1 Å². The third kappa shape index (κ3) is 2.78. The van der Waals surface area contributed by atoms with Crippen molar-refractivity contribution in [1.29, 1.82) is 0 Å². The van der Waals surface area contributed by atoms with E-state index in [2.05, 4.69) is 40.0 Å². The first-order valence-corrected chi connectivity index (χ1v) is 12.0. The molecule has 1 heterocycles. The molecule has 0 aliphatic carbocycles. The SMILES string of the molecule is CC1(C)CC[Si](C)(C)[Si](C)(C)O1.[SiH4]. The van der Waals surface area contributed by atoms with Crippen molar-refractivity contribution >= 4 is 26.4 Å². The minimum atomic E-state index is -1.31. The Labute approximate surface area is 89.2 Å². The van der Waals surface area contributed by atoms with Gasteiger partial charge in [-0.15, -0.1) is 0 Å². The van der Waals surface area contributed by atoms with E-state index in [1.165, 1.54) is 12.5 Å². The molecule has 0 radical (unpaired) electrons. The molecule has 0 bridgehead atoms. The second-order valence-electron chi connectivity index (χ2n) is 5.76. The van der Waals surface area contributed by atoms with Crippen LogP contribution in [0.5, 0.6) is 0 Å². The summed E-state index contributed by atoms with van der Waals surface area (Å²) in [5.41, 5.74) is 0.165. The van der Waals surface area contributed by atoms with Crippen LogP contribution in [0.25, 0.3) is 0 Å². The molecule has 1 aliphatic heterocycles. The fraction of sp³-hybridized carbons (Fsp3) is 1.00. The second kappa shape index (κ2) is 3.64. The van der Waals surface area contributed by atoms with Crippen LogP contribution >= 0.6 is 0 Å². The Bertz CT molecular complexity index is 187. The predicted molar refractivity (Wildman–Crippen MR) is 70.9 cm³/mol. The Morgan fingerprint density at radius 2 is 1.54 bits per heavy atom. The molecule has 1 rings (SSSR count). The van der Waals surface area contributed by atoms with Crippen molar-refractivity contribution in [3.63, 3.8) is 0 Å². The summed E-state index contributed by atoms with van der Waals surface area (Å²) in [4.78, 5) is 0. The highest BCUT2D eigenvalue weighted by Crippen LogP contribution is 2.38. The lowest BCUT2D eigenvalue weighted by Crippen LogP contribution is -2.63. The van der Waals surface area contributed by atoms with Crippen molar-refractivity contribution in [2.75, 3.05) is 0 Å². The molecule has 0 atom stereocenters. The minimum Gasteiger partial charge on any atom is -0.415 e. The number of hydrogen-bond donors (Lipinski definition) is 0. The molecule has 1 aliphatic rings. The molecule has 0 saturated carbocycles. The van der Waals surface area contributed by atoms with Crippen molar-refractivity contribution in [3.05, 3.63) is 0 Å². The van der Waals surface area contributed by atoms with Crippen LogP contribution in [-0.4, -0.2) is 32.0 Å². The van der Waals surface area contributed by atoms with Gasteiger partial charge in [-0.25, -0.2) is 0 Å². The molecular formula is C9H26OSi3. The topological polar surface area (TPSA) is 9.23 Å². The van der Waals surface area contributed by atoms with Crippen molar-refractivity contribution in [2.45, 2.75) is 58.1 Å². The van der Waals surface area contributed by atoms with Crippen LogP contribution in [0.15, 0.2) is 0 Å². The molecule has 0 aromatic carbocycles. The van der Waals surface area contributed by atoms with Gasteiger partial charge in [0, 0.05) is 0 Å². The molecule has 0 spiro atoms. The quantitative estimate of drug-likeness (QED) is 0.580. The van der Waals surface area contributed by atoms with Gasteiger partial charge < -0.3 is 4.43 Å². The summed E-state index contributed by atoms with van der Waals surface area (Å²) in [6.45, 7) is 14.3. The molecule has 13 heavy (non-hydrogen) atoms. The van der Waals surface area contributed by atoms with E-state index in [0.29, 0.717) is 0 Å². The number of hydrogen-bond acceptors (Lipinski definition) is 1. The largest absolute Gasteiger partial charge is 0.415 e. The van der Waals surface area contributed by atoms with E-state index < -0.39 is 15.4 Å². The Morgan fingerprint density at radius 1 is 1.08 bits per heavy atom. The van der Waals surface area contributed by atoms with Gasteiger partial charge in [0.1, 0.15) is 0 Å². The zero-order valence-corrected chi connectivity index (χ0v) is 11.3. The van der Waals surface area contributed by atoms with Crippen LogP contribution in [-0.2, 0) is 4.43 Å². The summed E-state index contributed by atoms with van der Waals surface area (Å²) in [6, 6.07) is 1.46. The van der Waals surface area contributed by atoms with Crippen molar-refractivity contribution in [1.82, 2.24) is 0 Å². The smallest absolute Gasteiger partial charge is 0.174 e. The van der Waals surface area contributed by atoms with E-state index in [9.17, 15) is 0 Å². The molecule has 1 saturated heterocycles. The predicted octanol–water partition coefficient (Wildman–Crippen LogP) is 1.73. The van der Waals surface area contributed by atoms with Crippen LogP contribution in [0.4, 0.5) is 0 Å². The average molecular weight is 235 g/mol. The second-order valence-corrected chi connectivity index (χ2v) is 20.9. The maximum absolute atomic E-state index is 6.28. The zero-order valence-electron chi connectivity index (χ0n) is 9.32. The summed E-state index contributed by atoms with van der Waals surface area (Å²) < 4.78 is 6.28. The standard InChI is InChI=1S/C9H22OSi2.H4Si/c1-9(2)7-8-11(3,4)12(5,6)10-9;/h7-8H2,1-6H3;1H4. The Morgan fingerprint density at radius 3 is 1.85 bits per heavy atom. The molecule has 0 unspecified atom stereocenters. The van der Waals surface area contributed by atoms with Gasteiger partial charge in [0.2, 0.25) is 0 Å². The molecule has 4 heteroatoms. The Hall–Kier alpha value is 0.611. The van der Waals surface area contributed by atoms with Gasteiger partial charge in [0.25, 0.3) is 0 Å². The van der Waals surface area contributed by atoms with Gasteiger partial charge in [0.15, 0.2) is 7.83 Å². The van der Waals surface area contributed by atoms with Crippen LogP contribution in [0.1, 0.15) is 20.3 Å². The highest BCUT2D eigenvalue weighted by atomic mass is 29.3. The summed E-state index contributed by atoms with van der Waals surface area (Å²) in [6.07, 6.45) is 1.27. The van der Waals surface area contributed by atoms with E-state index in [4.69, 9.17) is 4.43 Å². The summed E-state index contributed by atoms with van der Waals surface area (Å²) in [5, 5.41) is 0. The van der Waals surface area contributed by atoms with Crippen molar-refractivity contribution < 1.29 is 4.43 Å². The van der Waals surface area contributed by atoms with Gasteiger partial charge in [0.05, 0.1) is 13.2 Å². The molecule has 80 valence electrons. The summed E-state index contributed by atoms with van der Waals surface area (Å²) in [7, 11) is -2.30. The lowest BCUT2D eigenvalue weighted by Gasteiger charge is -2.49.